The van der Waals surface area contributed by atoms with Crippen LogP contribution in [0.5, 0.6) is 0 Å². The Hall–Kier alpha value is -9.98. The minimum Gasteiger partial charge on any atom is -0.309 e. The van der Waals surface area contributed by atoms with Crippen LogP contribution in [0.15, 0.2) is 285 Å². The zero-order chi connectivity index (χ0) is 55.2. The lowest BCUT2D eigenvalue weighted by Crippen LogP contribution is -2.06. The van der Waals surface area contributed by atoms with Gasteiger partial charge in [-0.25, -0.2) is 0 Å². The summed E-state index contributed by atoms with van der Waals surface area (Å²) in [7, 11) is 0. The lowest BCUT2D eigenvalue weighted by atomic mass is 9.90. The molecule has 0 aliphatic rings. The van der Waals surface area contributed by atoms with Crippen molar-refractivity contribution in [2.45, 2.75) is 12.4 Å². The van der Waals surface area contributed by atoms with Crippen LogP contribution in [0.3, 0.4) is 0 Å². The molecule has 0 spiro atoms. The van der Waals surface area contributed by atoms with E-state index in [1.54, 1.807) is 12.1 Å². The molecule has 81 heavy (non-hydrogen) atoms. The number of alkyl halides is 6. The molecule has 0 radical (unpaired) electrons. The van der Waals surface area contributed by atoms with Gasteiger partial charge < -0.3 is 4.57 Å². The fraction of sp³-hybridized carbons (Fsp3) is 0.0270. The van der Waals surface area contributed by atoms with Crippen LogP contribution in [0.1, 0.15) is 11.1 Å². The summed E-state index contributed by atoms with van der Waals surface area (Å²) in [6, 6.07) is 89.7. The van der Waals surface area contributed by atoms with Gasteiger partial charge >= 0.3 is 12.4 Å². The van der Waals surface area contributed by atoms with Gasteiger partial charge in [0.1, 0.15) is 0 Å². The highest BCUT2D eigenvalue weighted by molar-refractivity contribution is 6.12. The average molecular weight is 1060 g/mol. The Kier molecular flexibility index (Phi) is 12.9. The molecule has 0 unspecified atom stereocenters. The first-order valence-electron chi connectivity index (χ1n) is 26.6. The molecule has 0 saturated heterocycles. The normalized spacial score (nSPS) is 11.8. The van der Waals surface area contributed by atoms with Crippen molar-refractivity contribution in [3.8, 4) is 106 Å². The summed E-state index contributed by atoms with van der Waals surface area (Å²) >= 11 is 0. The second-order valence-electron chi connectivity index (χ2n) is 20.3. The summed E-state index contributed by atoms with van der Waals surface area (Å²) in [5.41, 5.74) is 14.6. The van der Waals surface area contributed by atoms with Crippen LogP contribution >= 0.6 is 0 Å². The molecule has 1 nitrogen and oxygen atoms in total. The van der Waals surface area contributed by atoms with Crippen molar-refractivity contribution >= 4 is 21.8 Å². The largest absolute Gasteiger partial charge is 0.417 e. The summed E-state index contributed by atoms with van der Waals surface area (Å²) in [6.07, 6.45) is -9.21. The van der Waals surface area contributed by atoms with Crippen LogP contribution < -0.4 is 0 Å². The molecule has 0 aliphatic carbocycles. The van der Waals surface area contributed by atoms with Gasteiger partial charge in [0.25, 0.3) is 0 Å². The average Bonchev–Trinajstić information content (AvgIpc) is 4.07. The highest BCUT2D eigenvalue weighted by Gasteiger charge is 2.35. The Morgan fingerprint density at radius 1 is 0.210 bits per heavy atom. The summed E-state index contributed by atoms with van der Waals surface area (Å²) in [4.78, 5) is 0. The van der Waals surface area contributed by atoms with E-state index in [9.17, 15) is 26.3 Å². The van der Waals surface area contributed by atoms with E-state index in [1.165, 1.54) is 24.3 Å². The Labute approximate surface area is 465 Å². The van der Waals surface area contributed by atoms with Crippen molar-refractivity contribution in [1.29, 1.82) is 0 Å². The molecule has 0 saturated carbocycles. The first-order chi connectivity index (χ1) is 39.4. The Balaban J connectivity index is 1.03. The number of hydrogen-bond donors (Lipinski definition) is 0. The van der Waals surface area contributed by atoms with Crippen LogP contribution in [0, 0.1) is 0 Å². The van der Waals surface area contributed by atoms with Crippen LogP contribution in [0.4, 0.5) is 26.3 Å². The van der Waals surface area contributed by atoms with Gasteiger partial charge in [-0.05, 0) is 173 Å². The van der Waals surface area contributed by atoms with Crippen LogP contribution in [0.25, 0.3) is 128 Å². The molecule has 0 aliphatic heterocycles. The number of aromatic nitrogens is 1. The van der Waals surface area contributed by atoms with Crippen molar-refractivity contribution in [3.63, 3.8) is 0 Å². The van der Waals surface area contributed by atoms with Gasteiger partial charge in [0.15, 0.2) is 0 Å². The Morgan fingerprint density at radius 3 is 0.889 bits per heavy atom. The predicted octanol–water partition coefficient (Wildman–Crippen LogP) is 21.8. The minimum absolute atomic E-state index is 0.0699. The zero-order valence-electron chi connectivity index (χ0n) is 43.4. The third kappa shape index (κ3) is 9.89. The van der Waals surface area contributed by atoms with Crippen molar-refractivity contribution in [2.75, 3.05) is 0 Å². The number of rotatable bonds is 10. The maximum Gasteiger partial charge on any atom is 0.417 e. The van der Waals surface area contributed by atoms with Crippen LogP contribution in [0.2, 0.25) is 0 Å². The van der Waals surface area contributed by atoms with Crippen molar-refractivity contribution in [1.82, 2.24) is 4.57 Å². The fourth-order valence-electron chi connectivity index (χ4n) is 11.3. The molecular formula is C74H47F6N. The van der Waals surface area contributed by atoms with Crippen molar-refractivity contribution in [2.24, 2.45) is 0 Å². The van der Waals surface area contributed by atoms with Gasteiger partial charge in [0.05, 0.1) is 27.8 Å². The molecule has 390 valence electrons. The number of halogens is 6. The van der Waals surface area contributed by atoms with E-state index in [0.717, 1.165) is 106 Å². The van der Waals surface area contributed by atoms with Gasteiger partial charge in [-0.3, -0.25) is 0 Å². The number of nitrogens with zero attached hydrogens (tertiary/aromatic N) is 1. The lowest BCUT2D eigenvalue weighted by molar-refractivity contribution is -0.137. The summed E-state index contributed by atoms with van der Waals surface area (Å²) in [5, 5.41) is 1.75. The van der Waals surface area contributed by atoms with E-state index < -0.39 is 23.5 Å². The highest BCUT2D eigenvalue weighted by atomic mass is 19.4. The smallest absolute Gasteiger partial charge is 0.309 e. The Bertz CT molecular complexity index is 4200. The second kappa shape index (κ2) is 20.7. The maximum absolute atomic E-state index is 14.9. The first-order valence-corrected chi connectivity index (χ1v) is 26.6. The van der Waals surface area contributed by atoms with E-state index >= 15 is 0 Å². The molecule has 1 heterocycles. The second-order valence-corrected chi connectivity index (χ2v) is 20.3. The van der Waals surface area contributed by atoms with E-state index in [2.05, 4.69) is 53.1 Å². The van der Waals surface area contributed by atoms with Gasteiger partial charge in [-0.1, -0.05) is 206 Å². The molecule has 12 aromatic carbocycles. The van der Waals surface area contributed by atoms with Crippen LogP contribution in [-0.2, 0) is 12.4 Å². The van der Waals surface area contributed by atoms with E-state index in [0.29, 0.717) is 22.3 Å². The molecule has 13 rings (SSSR count). The van der Waals surface area contributed by atoms with Crippen molar-refractivity contribution in [3.05, 3.63) is 296 Å². The monoisotopic (exact) mass is 1060 g/mol. The molecule has 0 bridgehead atoms. The van der Waals surface area contributed by atoms with Crippen LogP contribution in [-0.4, -0.2) is 4.57 Å². The SMILES string of the molecule is FC(F)(F)c1ccccc1-c1cc(-c2ccc(-c3ccccc3)cc2)cc(-c2ccc3c(c2)c2cc(-c4cc(-c5ccc(-c6ccccc6)cc5)cc(-c5ccccc5C(F)(F)F)c4)ccc2n3-c2ccccc2-c2ccccc2)c1. The molecule has 7 heteroatoms. The standard InChI is InChI=1S/C74H47F6N/c75-73(76,77)68-25-13-10-22-63(68)61-42-57(52-32-28-50(29-33-52)48-16-4-1-5-17-48)40-59(44-61)55-36-38-71-66(46-55)67-47-56(37-39-72(67)81(71)70-27-15-12-24-65(70)54-20-8-3-9-21-54)60-41-58(53-34-30-51(31-35-53)49-18-6-2-7-19-49)43-62(45-60)64-23-11-14-26-69(64)74(78,79)80/h1-47H. The molecule has 0 atom stereocenters. The summed E-state index contributed by atoms with van der Waals surface area (Å²) < 4.78 is 91.3. The maximum atomic E-state index is 14.9. The van der Waals surface area contributed by atoms with Gasteiger partial charge in [-0.15, -0.1) is 0 Å². The number of fused-ring (bicyclic) bond motifs is 3. The lowest BCUT2D eigenvalue weighted by Gasteiger charge is -2.16. The minimum atomic E-state index is -4.60. The number of benzene rings is 12. The predicted molar refractivity (Wildman–Crippen MR) is 320 cm³/mol. The van der Waals surface area contributed by atoms with E-state index in [4.69, 9.17) is 0 Å². The van der Waals surface area contributed by atoms with Gasteiger partial charge in [-0.2, -0.15) is 26.3 Å². The topological polar surface area (TPSA) is 4.93 Å². The third-order valence-corrected chi connectivity index (χ3v) is 15.3. The highest BCUT2D eigenvalue weighted by Crippen LogP contribution is 2.45. The Morgan fingerprint density at radius 2 is 0.494 bits per heavy atom. The zero-order valence-corrected chi connectivity index (χ0v) is 43.4. The van der Waals surface area contributed by atoms with Gasteiger partial charge in [0, 0.05) is 16.3 Å². The van der Waals surface area contributed by atoms with E-state index in [-0.39, 0.29) is 11.1 Å². The molecular weight excluding hydrogens is 1020 g/mol. The quantitative estimate of drug-likeness (QED) is 0.120. The van der Waals surface area contributed by atoms with Crippen molar-refractivity contribution < 1.29 is 26.3 Å². The summed E-state index contributed by atoms with van der Waals surface area (Å²) in [5.74, 6) is 0. The molecule has 0 fully saturated rings. The number of para-hydroxylation sites is 1. The summed E-state index contributed by atoms with van der Waals surface area (Å²) in [6.45, 7) is 0. The third-order valence-electron chi connectivity index (χ3n) is 15.3. The first kappa shape index (κ1) is 50.5. The molecule has 0 N–H and O–H groups in total. The van der Waals surface area contributed by atoms with Gasteiger partial charge in [0.2, 0.25) is 0 Å². The number of hydrogen-bond acceptors (Lipinski definition) is 0. The molecule has 13 aromatic rings. The molecule has 0 amide bonds. The molecule has 1 aromatic heterocycles. The fourth-order valence-corrected chi connectivity index (χ4v) is 11.3. The van der Waals surface area contributed by atoms with E-state index in [1.807, 2.05) is 188 Å².